The molecule has 0 fully saturated rings. The smallest absolute Gasteiger partial charge is 0.407 e. The number of carbonyl (C=O) groups is 2. The molecule has 1 aromatic heterocycles. The molecule has 0 saturated heterocycles. The summed E-state index contributed by atoms with van der Waals surface area (Å²) in [7, 11) is 0. The number of aromatic nitrogens is 1. The molecule has 0 radical (unpaired) electrons. The van der Waals surface area contributed by atoms with Gasteiger partial charge in [-0.05, 0) is 34.6 Å². The molecule has 0 unspecified atom stereocenters. The van der Waals surface area contributed by atoms with Crippen LogP contribution in [-0.2, 0) is 16.0 Å². The third-order valence-corrected chi connectivity index (χ3v) is 2.72. The van der Waals surface area contributed by atoms with E-state index in [1.54, 1.807) is 45.4 Å². The molecular weight excluding hydrogens is 300 g/mol. The number of nitrogens with zero attached hydrogens (tertiary/aromatic N) is 1. The van der Waals surface area contributed by atoms with Crippen molar-refractivity contribution in [3.63, 3.8) is 0 Å². The summed E-state index contributed by atoms with van der Waals surface area (Å²) < 4.78 is 11.7. The third kappa shape index (κ3) is 6.54. The van der Waals surface area contributed by atoms with Gasteiger partial charge in [0.1, 0.15) is 11.2 Å². The Morgan fingerprint density at radius 2 is 2.00 bits per heavy atom. The second-order valence-electron chi connectivity index (χ2n) is 6.19. The van der Waals surface area contributed by atoms with Crippen LogP contribution in [0.2, 0.25) is 0 Å². The molecule has 128 valence electrons. The SMILES string of the molecule is CCOC(=O)c1cn(C[C@H](C)NC(=O)OC(C)(C)C)ccc1=O. The van der Waals surface area contributed by atoms with E-state index in [1.165, 1.54) is 12.3 Å². The third-order valence-electron chi connectivity index (χ3n) is 2.72. The van der Waals surface area contributed by atoms with E-state index < -0.39 is 23.1 Å². The van der Waals surface area contributed by atoms with Crippen molar-refractivity contribution in [1.29, 1.82) is 0 Å². The molecule has 1 amide bonds. The van der Waals surface area contributed by atoms with Crippen LogP contribution in [0.1, 0.15) is 45.0 Å². The monoisotopic (exact) mass is 324 g/mol. The predicted molar refractivity (Wildman–Crippen MR) is 85.5 cm³/mol. The van der Waals surface area contributed by atoms with Crippen LogP contribution in [0.3, 0.4) is 0 Å². The van der Waals surface area contributed by atoms with Crippen molar-refractivity contribution in [2.75, 3.05) is 6.61 Å². The van der Waals surface area contributed by atoms with E-state index in [4.69, 9.17) is 9.47 Å². The molecule has 7 nitrogen and oxygen atoms in total. The molecule has 0 bridgehead atoms. The summed E-state index contributed by atoms with van der Waals surface area (Å²) in [6.45, 7) is 9.40. The van der Waals surface area contributed by atoms with Gasteiger partial charge in [-0.25, -0.2) is 9.59 Å². The van der Waals surface area contributed by atoms with E-state index in [2.05, 4.69) is 5.32 Å². The van der Waals surface area contributed by atoms with Crippen molar-refractivity contribution >= 4 is 12.1 Å². The molecule has 1 rings (SSSR count). The van der Waals surface area contributed by atoms with E-state index in [9.17, 15) is 14.4 Å². The molecule has 0 aliphatic carbocycles. The van der Waals surface area contributed by atoms with Gasteiger partial charge in [0.15, 0.2) is 5.43 Å². The van der Waals surface area contributed by atoms with E-state index in [0.29, 0.717) is 6.54 Å². The van der Waals surface area contributed by atoms with Crippen LogP contribution in [0.15, 0.2) is 23.3 Å². The molecular formula is C16H24N2O5. The number of amides is 1. The molecule has 1 aromatic rings. The van der Waals surface area contributed by atoms with Crippen molar-refractivity contribution in [3.05, 3.63) is 34.2 Å². The van der Waals surface area contributed by atoms with Crippen LogP contribution < -0.4 is 10.7 Å². The number of rotatable bonds is 5. The minimum Gasteiger partial charge on any atom is -0.462 e. The van der Waals surface area contributed by atoms with Gasteiger partial charge in [0.05, 0.1) is 6.61 Å². The van der Waals surface area contributed by atoms with Crippen LogP contribution in [0, 0.1) is 0 Å². The molecule has 0 spiro atoms. The van der Waals surface area contributed by atoms with Gasteiger partial charge in [-0.2, -0.15) is 0 Å². The minimum absolute atomic E-state index is 0.0289. The number of hydrogen-bond donors (Lipinski definition) is 1. The Morgan fingerprint density at radius 3 is 2.57 bits per heavy atom. The highest BCUT2D eigenvalue weighted by atomic mass is 16.6. The van der Waals surface area contributed by atoms with Crippen molar-refractivity contribution in [2.45, 2.75) is 52.8 Å². The van der Waals surface area contributed by atoms with Gasteiger partial charge in [0.2, 0.25) is 0 Å². The van der Waals surface area contributed by atoms with E-state index >= 15 is 0 Å². The lowest BCUT2D eigenvalue weighted by Gasteiger charge is -2.22. The van der Waals surface area contributed by atoms with Crippen LogP contribution in [0.25, 0.3) is 0 Å². The Labute approximate surface area is 135 Å². The average molecular weight is 324 g/mol. The average Bonchev–Trinajstić information content (AvgIpc) is 2.38. The van der Waals surface area contributed by atoms with Gasteiger partial charge in [-0.1, -0.05) is 0 Å². The van der Waals surface area contributed by atoms with Crippen LogP contribution in [0.4, 0.5) is 4.79 Å². The zero-order chi connectivity index (χ0) is 17.6. The lowest BCUT2D eigenvalue weighted by atomic mass is 10.2. The molecule has 0 aromatic carbocycles. The second kappa shape index (κ2) is 7.80. The highest BCUT2D eigenvalue weighted by Crippen LogP contribution is 2.07. The fourth-order valence-electron chi connectivity index (χ4n) is 1.87. The number of carbonyl (C=O) groups excluding carboxylic acids is 2. The fraction of sp³-hybridized carbons (Fsp3) is 0.562. The summed E-state index contributed by atoms with van der Waals surface area (Å²) in [4.78, 5) is 35.1. The maximum atomic E-state index is 11.7. The van der Waals surface area contributed by atoms with E-state index in [1.807, 2.05) is 0 Å². The molecule has 0 saturated carbocycles. The number of alkyl carbamates (subject to hydrolysis) is 1. The molecule has 1 heterocycles. The fourth-order valence-corrected chi connectivity index (χ4v) is 1.87. The van der Waals surface area contributed by atoms with Gasteiger partial charge in [0, 0.05) is 31.0 Å². The lowest BCUT2D eigenvalue weighted by molar-refractivity contribution is 0.0496. The first-order chi connectivity index (χ1) is 10.6. The van der Waals surface area contributed by atoms with E-state index in [-0.39, 0.29) is 18.2 Å². The van der Waals surface area contributed by atoms with Crippen LogP contribution in [-0.4, -0.2) is 34.9 Å². The van der Waals surface area contributed by atoms with Gasteiger partial charge in [-0.15, -0.1) is 0 Å². The summed E-state index contributed by atoms with van der Waals surface area (Å²) in [6.07, 6.45) is 2.46. The Bertz CT molecular complexity index is 616. The zero-order valence-corrected chi connectivity index (χ0v) is 14.2. The summed E-state index contributed by atoms with van der Waals surface area (Å²) in [5.41, 5.74) is -0.996. The first kappa shape index (κ1) is 18.7. The number of nitrogens with one attached hydrogen (secondary N) is 1. The zero-order valence-electron chi connectivity index (χ0n) is 14.2. The largest absolute Gasteiger partial charge is 0.462 e. The van der Waals surface area contributed by atoms with Crippen LogP contribution >= 0.6 is 0 Å². The summed E-state index contributed by atoms with van der Waals surface area (Å²) in [5.74, 6) is -0.653. The van der Waals surface area contributed by atoms with Gasteiger partial charge < -0.3 is 19.4 Å². The second-order valence-corrected chi connectivity index (χ2v) is 6.19. The summed E-state index contributed by atoms with van der Waals surface area (Å²) >= 11 is 0. The first-order valence-electron chi connectivity index (χ1n) is 7.49. The topological polar surface area (TPSA) is 86.6 Å². The molecule has 1 N–H and O–H groups in total. The van der Waals surface area contributed by atoms with Crippen molar-refractivity contribution < 1.29 is 19.1 Å². The quantitative estimate of drug-likeness (QED) is 0.836. The predicted octanol–water partition coefficient (Wildman–Crippen LogP) is 1.94. The summed E-state index contributed by atoms with van der Waals surface area (Å²) in [6, 6.07) is 1.05. The number of ether oxygens (including phenoxy) is 2. The Hall–Kier alpha value is -2.31. The molecule has 0 aliphatic rings. The van der Waals surface area contributed by atoms with E-state index in [0.717, 1.165) is 0 Å². The Balaban J connectivity index is 2.73. The summed E-state index contributed by atoms with van der Waals surface area (Å²) in [5, 5.41) is 2.70. The normalized spacial score (nSPS) is 12.4. The van der Waals surface area contributed by atoms with Crippen molar-refractivity contribution in [3.8, 4) is 0 Å². The lowest BCUT2D eigenvalue weighted by Crippen LogP contribution is -2.39. The number of esters is 1. The number of pyridine rings is 1. The van der Waals surface area contributed by atoms with Crippen molar-refractivity contribution in [2.24, 2.45) is 0 Å². The van der Waals surface area contributed by atoms with Crippen molar-refractivity contribution in [1.82, 2.24) is 9.88 Å². The van der Waals surface area contributed by atoms with Gasteiger partial charge >= 0.3 is 12.1 Å². The molecule has 1 atom stereocenters. The number of hydrogen-bond acceptors (Lipinski definition) is 5. The first-order valence-corrected chi connectivity index (χ1v) is 7.49. The standard InChI is InChI=1S/C16H24N2O5/c1-6-22-14(20)12-10-18(8-7-13(12)19)9-11(2)17-15(21)23-16(3,4)5/h7-8,10-11H,6,9H2,1-5H3,(H,17,21)/t11-/m0/s1. The maximum absolute atomic E-state index is 11.7. The molecule has 23 heavy (non-hydrogen) atoms. The Morgan fingerprint density at radius 1 is 1.35 bits per heavy atom. The maximum Gasteiger partial charge on any atom is 0.407 e. The molecule has 7 heteroatoms. The van der Waals surface area contributed by atoms with Crippen LogP contribution in [0.5, 0.6) is 0 Å². The Kier molecular flexibility index (Phi) is 6.36. The molecule has 0 aliphatic heterocycles. The highest BCUT2D eigenvalue weighted by Gasteiger charge is 2.18. The van der Waals surface area contributed by atoms with Gasteiger partial charge in [0.25, 0.3) is 0 Å². The highest BCUT2D eigenvalue weighted by molar-refractivity contribution is 5.88. The minimum atomic E-state index is -0.653. The van der Waals surface area contributed by atoms with Gasteiger partial charge in [-0.3, -0.25) is 4.79 Å².